The first-order valence-electron chi connectivity index (χ1n) is 14.0. The molecule has 10 heteroatoms. The molecular weight excluding hydrogens is 543 g/mol. The normalized spacial score (nSPS) is 21.8. The number of nitro groups is 1. The highest BCUT2D eigenvalue weighted by atomic mass is 28.4. The summed E-state index contributed by atoms with van der Waals surface area (Å²) < 4.78 is 27.8. The highest BCUT2D eigenvalue weighted by molar-refractivity contribution is 6.75. The maximum Gasteiger partial charge on any atom is 0.269 e. The van der Waals surface area contributed by atoms with Crippen molar-refractivity contribution in [3.63, 3.8) is 0 Å². The summed E-state index contributed by atoms with van der Waals surface area (Å²) in [6.07, 6.45) is 0.486. The molecule has 0 aliphatic carbocycles. The Kier molecular flexibility index (Phi) is 9.71. The predicted molar refractivity (Wildman–Crippen MR) is 168 cm³/mol. The quantitative estimate of drug-likeness (QED) is 0.169. The fourth-order valence-corrected chi connectivity index (χ4v) is 6.99. The van der Waals surface area contributed by atoms with Crippen LogP contribution in [0.4, 0.5) is 5.69 Å². The highest BCUT2D eigenvalue weighted by Crippen LogP contribution is 2.45. The van der Waals surface area contributed by atoms with E-state index in [4.69, 9.17) is 18.0 Å². The molecular formula is C29H53NO6Si3. The molecule has 1 aromatic rings. The highest BCUT2D eigenvalue weighted by Gasteiger charge is 2.51. The number of benzene rings is 1. The van der Waals surface area contributed by atoms with Crippen LogP contribution in [-0.2, 0) is 18.0 Å². The van der Waals surface area contributed by atoms with Gasteiger partial charge < -0.3 is 18.0 Å². The molecule has 0 spiro atoms. The molecule has 0 N–H and O–H groups in total. The fraction of sp³-hybridized carbons (Fsp3) is 0.724. The zero-order valence-electron chi connectivity index (χ0n) is 27.0. The topological polar surface area (TPSA) is 80.1 Å². The minimum atomic E-state index is -2.28. The second-order valence-corrected chi connectivity index (χ2v) is 29.7. The van der Waals surface area contributed by atoms with Gasteiger partial charge in [-0.05, 0) is 72.6 Å². The lowest BCUT2D eigenvalue weighted by atomic mass is 10.1. The standard InChI is InChI=1S/C29H53NO6Si3/c1-27(2,3)37(10,11)34-24-20-23(21-16-18-22(19-17-21)30(31)32)33-26(36-39(14,15)29(7,8)9)25(24)35-38(12,13)28(4,5)6/h16-20,24-26H,1-15H3/t24-,25-,26-/m1/s1. The second-order valence-electron chi connectivity index (χ2n) is 15.4. The lowest BCUT2D eigenvalue weighted by molar-refractivity contribution is -0.384. The number of ether oxygens (including phenoxy) is 1. The monoisotopic (exact) mass is 595 g/mol. The van der Waals surface area contributed by atoms with Crippen LogP contribution in [0.2, 0.25) is 54.4 Å². The number of non-ortho nitro benzene ring substituents is 1. The Morgan fingerprint density at radius 3 is 1.54 bits per heavy atom. The van der Waals surface area contributed by atoms with Gasteiger partial charge in [0, 0.05) is 17.7 Å². The summed E-state index contributed by atoms with van der Waals surface area (Å²) in [5, 5.41) is 11.2. The second kappa shape index (κ2) is 11.2. The van der Waals surface area contributed by atoms with Gasteiger partial charge in [0.1, 0.15) is 11.9 Å². The third-order valence-electron chi connectivity index (χ3n) is 9.20. The average Bonchev–Trinajstić information content (AvgIpc) is 2.73. The van der Waals surface area contributed by atoms with Crippen molar-refractivity contribution in [3.05, 3.63) is 46.0 Å². The minimum Gasteiger partial charge on any atom is -0.463 e. The molecule has 0 radical (unpaired) electrons. The molecule has 2 rings (SSSR count). The molecule has 3 atom stereocenters. The summed E-state index contributed by atoms with van der Waals surface area (Å²) in [7, 11) is -6.77. The van der Waals surface area contributed by atoms with Crippen LogP contribution in [0.1, 0.15) is 67.9 Å². The van der Waals surface area contributed by atoms with Gasteiger partial charge in [0.15, 0.2) is 25.0 Å². The largest absolute Gasteiger partial charge is 0.463 e. The number of rotatable bonds is 8. The lowest BCUT2D eigenvalue weighted by Crippen LogP contribution is -2.59. The van der Waals surface area contributed by atoms with Crippen molar-refractivity contribution in [1.29, 1.82) is 0 Å². The molecule has 1 aliphatic rings. The van der Waals surface area contributed by atoms with E-state index >= 15 is 0 Å². The van der Waals surface area contributed by atoms with Crippen molar-refractivity contribution in [3.8, 4) is 0 Å². The minimum absolute atomic E-state index is 0.00995. The van der Waals surface area contributed by atoms with Crippen molar-refractivity contribution in [2.45, 2.75) is 135 Å². The third-order valence-corrected chi connectivity index (χ3v) is 22.6. The molecule has 1 aromatic carbocycles. The fourth-order valence-electron chi connectivity index (χ4n) is 3.36. The first-order valence-corrected chi connectivity index (χ1v) is 22.7. The zero-order valence-corrected chi connectivity index (χ0v) is 30.0. The van der Waals surface area contributed by atoms with Crippen LogP contribution in [0.25, 0.3) is 5.76 Å². The Bertz CT molecular complexity index is 1050. The van der Waals surface area contributed by atoms with Crippen LogP contribution in [-0.4, -0.2) is 48.4 Å². The number of hydrogen-bond acceptors (Lipinski definition) is 6. The summed E-state index contributed by atoms with van der Waals surface area (Å²) in [4.78, 5) is 10.9. The first-order chi connectivity index (χ1) is 17.3. The van der Waals surface area contributed by atoms with Crippen LogP contribution in [0.3, 0.4) is 0 Å². The molecule has 0 unspecified atom stereocenters. The van der Waals surface area contributed by atoms with Gasteiger partial charge >= 0.3 is 0 Å². The molecule has 39 heavy (non-hydrogen) atoms. The first kappa shape index (κ1) is 33.9. The van der Waals surface area contributed by atoms with Gasteiger partial charge in [-0.1, -0.05) is 62.3 Å². The maximum absolute atomic E-state index is 11.3. The van der Waals surface area contributed by atoms with Gasteiger partial charge in [-0.2, -0.15) is 0 Å². The maximum atomic E-state index is 11.3. The Labute approximate surface area is 240 Å². The summed E-state index contributed by atoms with van der Waals surface area (Å²) in [5.74, 6) is 0.604. The van der Waals surface area contributed by atoms with Crippen LogP contribution < -0.4 is 0 Å². The van der Waals surface area contributed by atoms with Crippen molar-refractivity contribution in [2.75, 3.05) is 0 Å². The molecule has 0 aromatic heterocycles. The van der Waals surface area contributed by atoms with Gasteiger partial charge in [0.25, 0.3) is 5.69 Å². The van der Waals surface area contributed by atoms with E-state index in [1.165, 1.54) is 12.1 Å². The summed E-state index contributed by atoms with van der Waals surface area (Å²) in [6, 6.07) is 6.47. The van der Waals surface area contributed by atoms with Crippen molar-refractivity contribution in [1.82, 2.24) is 0 Å². The molecule has 1 aliphatic heterocycles. The van der Waals surface area contributed by atoms with E-state index in [1.807, 2.05) is 6.08 Å². The van der Waals surface area contributed by atoms with Gasteiger partial charge in [0.2, 0.25) is 6.29 Å². The molecule has 0 fully saturated rings. The molecule has 0 saturated heterocycles. The Morgan fingerprint density at radius 2 is 1.13 bits per heavy atom. The number of nitro benzene ring substituents is 1. The van der Waals surface area contributed by atoms with Gasteiger partial charge in [-0.3, -0.25) is 10.1 Å². The van der Waals surface area contributed by atoms with Crippen molar-refractivity contribution in [2.24, 2.45) is 0 Å². The number of nitrogens with zero attached hydrogens (tertiary/aromatic N) is 1. The molecule has 0 saturated carbocycles. The molecule has 222 valence electrons. The van der Waals surface area contributed by atoms with Gasteiger partial charge in [0.05, 0.1) is 11.0 Å². The smallest absolute Gasteiger partial charge is 0.269 e. The summed E-state index contributed by atoms with van der Waals surface area (Å²) in [6.45, 7) is 33.4. The van der Waals surface area contributed by atoms with Gasteiger partial charge in [-0.15, -0.1) is 0 Å². The average molecular weight is 596 g/mol. The van der Waals surface area contributed by atoms with E-state index in [0.717, 1.165) is 5.56 Å². The Balaban J connectivity index is 2.71. The molecule has 0 amide bonds. The van der Waals surface area contributed by atoms with Gasteiger partial charge in [-0.25, -0.2) is 0 Å². The van der Waals surface area contributed by atoms with E-state index in [-0.39, 0.29) is 20.8 Å². The van der Waals surface area contributed by atoms with Crippen LogP contribution in [0, 0.1) is 10.1 Å². The molecule has 1 heterocycles. The van der Waals surface area contributed by atoms with E-state index in [2.05, 4.69) is 102 Å². The zero-order chi connectivity index (χ0) is 30.4. The predicted octanol–water partition coefficient (Wildman–Crippen LogP) is 9.09. The van der Waals surface area contributed by atoms with E-state index in [0.29, 0.717) is 5.76 Å². The Morgan fingerprint density at radius 1 is 0.718 bits per heavy atom. The van der Waals surface area contributed by atoms with E-state index < -0.39 is 48.4 Å². The third kappa shape index (κ3) is 7.91. The van der Waals surface area contributed by atoms with Crippen LogP contribution in [0.5, 0.6) is 0 Å². The summed E-state index contributed by atoms with van der Waals surface area (Å²) >= 11 is 0. The van der Waals surface area contributed by atoms with E-state index in [9.17, 15) is 10.1 Å². The van der Waals surface area contributed by atoms with Crippen LogP contribution >= 0.6 is 0 Å². The summed E-state index contributed by atoms with van der Waals surface area (Å²) in [5.41, 5.74) is 0.788. The van der Waals surface area contributed by atoms with Crippen molar-refractivity contribution < 1.29 is 22.9 Å². The Hall–Kier alpha value is -1.31. The number of hydrogen-bond donors (Lipinski definition) is 0. The molecule has 7 nitrogen and oxygen atoms in total. The van der Waals surface area contributed by atoms with Crippen molar-refractivity contribution >= 4 is 36.4 Å². The van der Waals surface area contributed by atoms with Crippen LogP contribution in [0.15, 0.2) is 30.3 Å². The molecule has 0 bridgehead atoms. The SMILES string of the molecule is CC(C)(C)[Si](C)(C)O[C@H]1OC(c2ccc([N+](=O)[O-])cc2)=C[C@@H](O[Si](C)(C)C(C)(C)C)[C@H]1O[Si](C)(C)C(C)(C)C. The lowest BCUT2D eigenvalue weighted by Gasteiger charge is -2.49. The van der Waals surface area contributed by atoms with E-state index in [1.54, 1.807) is 12.1 Å².